The third-order valence-electron chi connectivity index (χ3n) is 3.70. The van der Waals surface area contributed by atoms with Crippen LogP contribution in [-0.2, 0) is 17.5 Å². The van der Waals surface area contributed by atoms with Gasteiger partial charge in [-0.2, -0.15) is 23.3 Å². The predicted octanol–water partition coefficient (Wildman–Crippen LogP) is 2.50. The topological polar surface area (TPSA) is 60.2 Å². The number of hydrogen-bond donors (Lipinski definition) is 0. The van der Waals surface area contributed by atoms with Crippen molar-refractivity contribution >= 4 is 11.9 Å². The molecular formula is C15H15F3N4O2. The minimum Gasteiger partial charge on any atom is -0.480 e. The Morgan fingerprint density at radius 3 is 2.79 bits per heavy atom. The number of amides is 1. The summed E-state index contributed by atoms with van der Waals surface area (Å²) in [6, 6.07) is 4.82. The van der Waals surface area contributed by atoms with Crippen LogP contribution in [0.5, 0.6) is 5.75 Å². The predicted molar refractivity (Wildman–Crippen MR) is 78.5 cm³/mol. The van der Waals surface area contributed by atoms with Crippen LogP contribution in [0.15, 0.2) is 30.6 Å². The lowest BCUT2D eigenvalue weighted by molar-refractivity contribution is -0.140. The average Bonchev–Trinajstić information content (AvgIpc) is 3.02. The molecule has 1 aliphatic heterocycles. The molecule has 0 bridgehead atoms. The number of fused-ring (bicyclic) bond motifs is 1. The van der Waals surface area contributed by atoms with Crippen LogP contribution in [-0.4, -0.2) is 33.3 Å². The van der Waals surface area contributed by atoms with Crippen LogP contribution in [0, 0.1) is 0 Å². The van der Waals surface area contributed by atoms with E-state index in [9.17, 15) is 18.0 Å². The number of rotatable bonds is 3. The molecule has 1 aromatic carbocycles. The SMILES string of the molecule is CC(Oc1ccccc1C(F)(F)F)C(=O)N1CCCn2ncnc21. The first-order chi connectivity index (χ1) is 11.4. The first-order valence-electron chi connectivity index (χ1n) is 7.40. The number of benzene rings is 1. The van der Waals surface area contributed by atoms with Crippen LogP contribution in [0.25, 0.3) is 0 Å². The summed E-state index contributed by atoms with van der Waals surface area (Å²) in [6.45, 7) is 2.49. The minimum absolute atomic E-state index is 0.371. The summed E-state index contributed by atoms with van der Waals surface area (Å²) in [7, 11) is 0. The maximum atomic E-state index is 13.0. The Bertz CT molecular complexity index is 744. The van der Waals surface area contributed by atoms with Gasteiger partial charge in [-0.15, -0.1) is 0 Å². The quantitative estimate of drug-likeness (QED) is 0.861. The zero-order valence-electron chi connectivity index (χ0n) is 12.8. The van der Waals surface area contributed by atoms with E-state index in [0.717, 1.165) is 6.07 Å². The number of hydrogen-bond acceptors (Lipinski definition) is 4. The molecule has 2 heterocycles. The standard InChI is InChI=1S/C15H15F3N4O2/c1-10(24-12-6-3-2-5-11(12)15(16,17)18)13(23)21-7-4-8-22-14(21)19-9-20-22/h2-3,5-6,9-10H,4,7-8H2,1H3. The van der Waals surface area contributed by atoms with Crippen LogP contribution in [0.4, 0.5) is 19.1 Å². The molecule has 3 rings (SSSR count). The van der Waals surface area contributed by atoms with Crippen LogP contribution >= 0.6 is 0 Å². The lowest BCUT2D eigenvalue weighted by atomic mass is 10.2. The van der Waals surface area contributed by atoms with Crippen LogP contribution in [0.1, 0.15) is 18.9 Å². The molecule has 1 unspecified atom stereocenters. The van der Waals surface area contributed by atoms with Gasteiger partial charge in [-0.05, 0) is 25.5 Å². The lowest BCUT2D eigenvalue weighted by Crippen LogP contribution is -2.45. The van der Waals surface area contributed by atoms with E-state index in [1.807, 2.05) is 0 Å². The normalized spacial score (nSPS) is 15.8. The summed E-state index contributed by atoms with van der Waals surface area (Å²) in [6.07, 6.45) is -3.61. The second kappa shape index (κ2) is 6.14. The number of para-hydroxylation sites is 1. The zero-order valence-corrected chi connectivity index (χ0v) is 12.8. The van der Waals surface area contributed by atoms with Gasteiger partial charge in [-0.25, -0.2) is 4.68 Å². The Morgan fingerprint density at radius 2 is 2.04 bits per heavy atom. The number of nitrogens with zero attached hydrogens (tertiary/aromatic N) is 4. The van der Waals surface area contributed by atoms with Gasteiger partial charge in [-0.3, -0.25) is 9.69 Å². The first kappa shape index (κ1) is 16.3. The fraction of sp³-hybridized carbons (Fsp3) is 0.400. The molecule has 0 saturated heterocycles. The van der Waals surface area contributed by atoms with Gasteiger partial charge in [0.25, 0.3) is 5.91 Å². The van der Waals surface area contributed by atoms with Gasteiger partial charge in [-0.1, -0.05) is 12.1 Å². The van der Waals surface area contributed by atoms with E-state index in [2.05, 4.69) is 10.1 Å². The Kier molecular flexibility index (Phi) is 4.16. The molecule has 0 fully saturated rings. The van der Waals surface area contributed by atoms with Gasteiger partial charge in [0.2, 0.25) is 5.95 Å². The van der Waals surface area contributed by atoms with Crippen molar-refractivity contribution in [2.24, 2.45) is 0 Å². The molecule has 0 spiro atoms. The highest BCUT2D eigenvalue weighted by molar-refractivity contribution is 5.95. The van der Waals surface area contributed by atoms with Crippen molar-refractivity contribution in [3.8, 4) is 5.75 Å². The summed E-state index contributed by atoms with van der Waals surface area (Å²) in [5.41, 5.74) is -0.911. The molecule has 0 saturated carbocycles. The fourth-order valence-corrected chi connectivity index (χ4v) is 2.58. The number of carbonyl (C=O) groups excluding carboxylic acids is 1. The Morgan fingerprint density at radius 1 is 1.29 bits per heavy atom. The van der Waals surface area contributed by atoms with E-state index in [1.165, 1.54) is 36.4 Å². The molecule has 6 nitrogen and oxygen atoms in total. The number of anilines is 1. The smallest absolute Gasteiger partial charge is 0.419 e. The van der Waals surface area contributed by atoms with Crippen LogP contribution in [0.3, 0.4) is 0 Å². The van der Waals surface area contributed by atoms with Crippen molar-refractivity contribution in [3.05, 3.63) is 36.2 Å². The van der Waals surface area contributed by atoms with Gasteiger partial charge in [0, 0.05) is 13.1 Å². The maximum Gasteiger partial charge on any atom is 0.419 e. The second-order valence-electron chi connectivity index (χ2n) is 5.38. The van der Waals surface area contributed by atoms with E-state index >= 15 is 0 Å². The minimum atomic E-state index is -4.55. The Labute approximate surface area is 135 Å². The largest absolute Gasteiger partial charge is 0.480 e. The summed E-state index contributed by atoms with van der Waals surface area (Å²) >= 11 is 0. The lowest BCUT2D eigenvalue weighted by Gasteiger charge is -2.28. The van der Waals surface area contributed by atoms with Crippen molar-refractivity contribution in [3.63, 3.8) is 0 Å². The molecule has 1 atom stereocenters. The van der Waals surface area contributed by atoms with Crippen molar-refractivity contribution in [1.82, 2.24) is 14.8 Å². The third-order valence-corrected chi connectivity index (χ3v) is 3.70. The highest BCUT2D eigenvalue weighted by Gasteiger charge is 2.36. The Balaban J connectivity index is 1.80. The third kappa shape index (κ3) is 3.06. The van der Waals surface area contributed by atoms with Crippen molar-refractivity contribution in [1.29, 1.82) is 0 Å². The molecule has 128 valence electrons. The van der Waals surface area contributed by atoms with E-state index in [0.29, 0.717) is 25.5 Å². The molecule has 0 aliphatic carbocycles. The van der Waals surface area contributed by atoms with E-state index in [-0.39, 0.29) is 5.75 Å². The number of halogens is 3. The second-order valence-corrected chi connectivity index (χ2v) is 5.38. The van der Waals surface area contributed by atoms with Gasteiger partial charge < -0.3 is 4.74 Å². The van der Waals surface area contributed by atoms with Gasteiger partial charge in [0.1, 0.15) is 12.1 Å². The van der Waals surface area contributed by atoms with Gasteiger partial charge >= 0.3 is 6.18 Å². The number of aryl methyl sites for hydroxylation is 1. The first-order valence-corrected chi connectivity index (χ1v) is 7.40. The Hall–Kier alpha value is -2.58. The monoisotopic (exact) mass is 340 g/mol. The molecule has 24 heavy (non-hydrogen) atoms. The van der Waals surface area contributed by atoms with Gasteiger partial charge in [0.15, 0.2) is 6.10 Å². The van der Waals surface area contributed by atoms with E-state index in [1.54, 1.807) is 4.68 Å². The fourth-order valence-electron chi connectivity index (χ4n) is 2.58. The summed E-state index contributed by atoms with van der Waals surface area (Å²) < 4.78 is 45.9. The van der Waals surface area contributed by atoms with Crippen molar-refractivity contribution < 1.29 is 22.7 Å². The molecule has 9 heteroatoms. The molecule has 1 aliphatic rings. The molecule has 1 amide bonds. The number of ether oxygens (including phenoxy) is 1. The van der Waals surface area contributed by atoms with E-state index < -0.39 is 23.8 Å². The van der Waals surface area contributed by atoms with Crippen LogP contribution in [0.2, 0.25) is 0 Å². The summed E-state index contributed by atoms with van der Waals surface area (Å²) in [5.74, 6) is -0.448. The molecular weight excluding hydrogens is 325 g/mol. The highest BCUT2D eigenvalue weighted by Crippen LogP contribution is 2.36. The molecule has 0 radical (unpaired) electrons. The maximum absolute atomic E-state index is 13.0. The molecule has 1 aromatic heterocycles. The number of aromatic nitrogens is 3. The van der Waals surface area contributed by atoms with E-state index in [4.69, 9.17) is 4.74 Å². The molecule has 2 aromatic rings. The summed E-state index contributed by atoms with van der Waals surface area (Å²) in [5, 5.41) is 4.00. The average molecular weight is 340 g/mol. The zero-order chi connectivity index (χ0) is 17.3. The number of carbonyl (C=O) groups is 1. The van der Waals surface area contributed by atoms with Crippen molar-refractivity contribution in [2.45, 2.75) is 32.2 Å². The van der Waals surface area contributed by atoms with Crippen molar-refractivity contribution in [2.75, 3.05) is 11.4 Å². The summed E-state index contributed by atoms with van der Waals surface area (Å²) in [4.78, 5) is 18.0. The number of alkyl halides is 3. The van der Waals surface area contributed by atoms with Gasteiger partial charge in [0.05, 0.1) is 5.56 Å². The molecule has 0 N–H and O–H groups in total. The van der Waals surface area contributed by atoms with Crippen LogP contribution < -0.4 is 9.64 Å². The highest BCUT2D eigenvalue weighted by atomic mass is 19.4.